The van der Waals surface area contributed by atoms with Crippen molar-refractivity contribution in [3.63, 3.8) is 0 Å². The molecule has 0 aliphatic carbocycles. The molecule has 0 heterocycles. The highest BCUT2D eigenvalue weighted by Crippen LogP contribution is 2.31. The van der Waals surface area contributed by atoms with Crippen LogP contribution in [0, 0.1) is 6.92 Å². The van der Waals surface area contributed by atoms with Crippen molar-refractivity contribution >= 4 is 17.3 Å². The molecule has 0 aromatic heterocycles. The van der Waals surface area contributed by atoms with Gasteiger partial charge in [-0.1, -0.05) is 11.6 Å². The highest BCUT2D eigenvalue weighted by molar-refractivity contribution is 6.33. The van der Waals surface area contributed by atoms with Gasteiger partial charge in [-0.15, -0.1) is 13.2 Å². The third-order valence-electron chi connectivity index (χ3n) is 1.52. The predicted octanol–water partition coefficient (Wildman–Crippen LogP) is 3.13. The molecule has 0 spiro atoms. The summed E-state index contributed by atoms with van der Waals surface area (Å²) in [5.41, 5.74) is 5.89. The fourth-order valence-electron chi connectivity index (χ4n) is 0.920. The number of anilines is 1. The Morgan fingerprint density at radius 2 is 1.93 bits per heavy atom. The van der Waals surface area contributed by atoms with Crippen LogP contribution in [0.3, 0.4) is 0 Å². The van der Waals surface area contributed by atoms with Crippen molar-refractivity contribution in [1.82, 2.24) is 0 Å². The summed E-state index contributed by atoms with van der Waals surface area (Å²) in [5, 5.41) is 0.0369. The van der Waals surface area contributed by atoms with Crippen molar-refractivity contribution in [2.24, 2.45) is 0 Å². The Bertz CT molecular complexity index is 351. The van der Waals surface area contributed by atoms with E-state index in [4.69, 9.17) is 17.3 Å². The largest absolute Gasteiger partial charge is 0.573 e. The van der Waals surface area contributed by atoms with E-state index in [1.54, 1.807) is 0 Å². The van der Waals surface area contributed by atoms with Gasteiger partial charge < -0.3 is 10.5 Å². The molecule has 1 aromatic rings. The second kappa shape index (κ2) is 3.57. The zero-order valence-corrected chi connectivity index (χ0v) is 7.91. The predicted molar refractivity (Wildman–Crippen MR) is 47.3 cm³/mol. The number of aryl methyl sites for hydroxylation is 1. The molecular weight excluding hydrogens is 219 g/mol. The van der Waals surface area contributed by atoms with E-state index in [0.717, 1.165) is 6.07 Å². The lowest BCUT2D eigenvalue weighted by molar-refractivity contribution is -0.274. The third kappa shape index (κ3) is 2.70. The highest BCUT2D eigenvalue weighted by Gasteiger charge is 2.31. The molecule has 14 heavy (non-hydrogen) atoms. The van der Waals surface area contributed by atoms with Crippen molar-refractivity contribution < 1.29 is 17.9 Å². The van der Waals surface area contributed by atoms with Gasteiger partial charge in [-0.05, 0) is 18.6 Å². The lowest BCUT2D eigenvalue weighted by Gasteiger charge is -2.12. The molecule has 0 amide bonds. The fourth-order valence-corrected chi connectivity index (χ4v) is 1.07. The summed E-state index contributed by atoms with van der Waals surface area (Å²) in [4.78, 5) is 0. The Morgan fingerprint density at radius 3 is 2.43 bits per heavy atom. The maximum Gasteiger partial charge on any atom is 0.573 e. The first-order valence-corrected chi connectivity index (χ1v) is 3.99. The van der Waals surface area contributed by atoms with Crippen LogP contribution in [0.25, 0.3) is 0 Å². The standard InChI is InChI=1S/C8H7ClF3NO/c1-4-2-6(13)5(9)3-7(4)14-8(10,11)12/h2-3H,13H2,1H3. The molecule has 1 rings (SSSR count). The van der Waals surface area contributed by atoms with Crippen LogP contribution in [0.1, 0.15) is 5.56 Å². The summed E-state index contributed by atoms with van der Waals surface area (Å²) in [7, 11) is 0. The Kier molecular flexibility index (Phi) is 2.80. The molecule has 0 bridgehead atoms. The van der Waals surface area contributed by atoms with E-state index >= 15 is 0 Å². The Balaban J connectivity index is 3.04. The number of nitrogens with two attached hydrogens (primary N) is 1. The van der Waals surface area contributed by atoms with E-state index in [1.165, 1.54) is 13.0 Å². The summed E-state index contributed by atoms with van der Waals surface area (Å²) in [6.45, 7) is 1.45. The van der Waals surface area contributed by atoms with Gasteiger partial charge in [0.1, 0.15) is 5.75 Å². The van der Waals surface area contributed by atoms with Crippen LogP contribution in [-0.4, -0.2) is 6.36 Å². The van der Waals surface area contributed by atoms with E-state index in [-0.39, 0.29) is 22.0 Å². The maximum atomic E-state index is 11.9. The molecule has 0 atom stereocenters. The molecule has 0 saturated carbocycles. The van der Waals surface area contributed by atoms with Gasteiger partial charge >= 0.3 is 6.36 Å². The maximum absolute atomic E-state index is 11.9. The second-order valence-corrected chi connectivity index (χ2v) is 3.09. The van der Waals surface area contributed by atoms with Crippen LogP contribution < -0.4 is 10.5 Å². The van der Waals surface area contributed by atoms with Gasteiger partial charge in [0, 0.05) is 6.07 Å². The van der Waals surface area contributed by atoms with E-state index in [9.17, 15) is 13.2 Å². The number of ether oxygens (including phenoxy) is 1. The van der Waals surface area contributed by atoms with Crippen molar-refractivity contribution in [2.75, 3.05) is 5.73 Å². The van der Waals surface area contributed by atoms with Crippen molar-refractivity contribution in [3.05, 3.63) is 22.7 Å². The van der Waals surface area contributed by atoms with Gasteiger partial charge in [-0.2, -0.15) is 0 Å². The van der Waals surface area contributed by atoms with Gasteiger partial charge in [0.2, 0.25) is 0 Å². The first kappa shape index (κ1) is 11.0. The summed E-state index contributed by atoms with van der Waals surface area (Å²) >= 11 is 5.54. The van der Waals surface area contributed by atoms with Crippen molar-refractivity contribution in [3.8, 4) is 5.75 Å². The van der Waals surface area contributed by atoms with Crippen LogP contribution in [0.4, 0.5) is 18.9 Å². The minimum absolute atomic E-state index is 0.0369. The van der Waals surface area contributed by atoms with Gasteiger partial charge in [0.15, 0.2) is 0 Å². The molecule has 2 N–H and O–H groups in total. The highest BCUT2D eigenvalue weighted by atomic mass is 35.5. The lowest BCUT2D eigenvalue weighted by atomic mass is 10.2. The molecule has 0 unspecified atom stereocenters. The molecule has 0 aliphatic rings. The number of benzene rings is 1. The third-order valence-corrected chi connectivity index (χ3v) is 1.85. The first-order valence-electron chi connectivity index (χ1n) is 3.61. The molecule has 0 radical (unpaired) electrons. The van der Waals surface area contributed by atoms with Crippen molar-refractivity contribution in [2.45, 2.75) is 13.3 Å². The molecule has 0 aliphatic heterocycles. The number of nitrogen functional groups attached to an aromatic ring is 1. The minimum Gasteiger partial charge on any atom is -0.405 e. The summed E-state index contributed by atoms with van der Waals surface area (Å²) in [5.74, 6) is -0.336. The normalized spacial score (nSPS) is 11.5. The zero-order valence-electron chi connectivity index (χ0n) is 7.15. The lowest BCUT2D eigenvalue weighted by Crippen LogP contribution is -2.17. The molecule has 0 fully saturated rings. The number of rotatable bonds is 1. The molecule has 6 heteroatoms. The van der Waals surface area contributed by atoms with Crippen LogP contribution in [-0.2, 0) is 0 Å². The summed E-state index contributed by atoms with van der Waals surface area (Å²) in [6.07, 6.45) is -4.72. The second-order valence-electron chi connectivity index (χ2n) is 2.69. The Morgan fingerprint density at radius 1 is 1.36 bits per heavy atom. The topological polar surface area (TPSA) is 35.2 Å². The van der Waals surface area contributed by atoms with E-state index in [2.05, 4.69) is 4.74 Å². The van der Waals surface area contributed by atoms with E-state index in [0.29, 0.717) is 0 Å². The zero-order chi connectivity index (χ0) is 10.9. The van der Waals surface area contributed by atoms with Gasteiger partial charge in [-0.25, -0.2) is 0 Å². The molecule has 1 aromatic carbocycles. The average Bonchev–Trinajstić information content (AvgIpc) is 1.97. The SMILES string of the molecule is Cc1cc(N)c(Cl)cc1OC(F)(F)F. The minimum atomic E-state index is -4.72. The van der Waals surface area contributed by atoms with E-state index < -0.39 is 6.36 Å². The summed E-state index contributed by atoms with van der Waals surface area (Å²) < 4.78 is 39.3. The van der Waals surface area contributed by atoms with Gasteiger partial charge in [0.25, 0.3) is 0 Å². The molecular formula is C8H7ClF3NO. The quantitative estimate of drug-likeness (QED) is 0.746. The molecule has 0 saturated heterocycles. The first-order chi connectivity index (χ1) is 6.29. The number of halogens is 4. The number of hydrogen-bond donors (Lipinski definition) is 1. The molecule has 2 nitrogen and oxygen atoms in total. The van der Waals surface area contributed by atoms with Gasteiger partial charge in [-0.3, -0.25) is 0 Å². The monoisotopic (exact) mass is 225 g/mol. The Labute approximate surface area is 83.4 Å². The smallest absolute Gasteiger partial charge is 0.405 e. The van der Waals surface area contributed by atoms with Crippen LogP contribution >= 0.6 is 11.6 Å². The Hall–Kier alpha value is -1.10. The van der Waals surface area contributed by atoms with Crippen LogP contribution in [0.15, 0.2) is 12.1 Å². The fraction of sp³-hybridized carbons (Fsp3) is 0.250. The van der Waals surface area contributed by atoms with Crippen LogP contribution in [0.2, 0.25) is 5.02 Å². The number of alkyl halides is 3. The van der Waals surface area contributed by atoms with Crippen LogP contribution in [0.5, 0.6) is 5.75 Å². The average molecular weight is 226 g/mol. The van der Waals surface area contributed by atoms with E-state index in [1.807, 2.05) is 0 Å². The van der Waals surface area contributed by atoms with Gasteiger partial charge in [0.05, 0.1) is 10.7 Å². The number of hydrogen-bond acceptors (Lipinski definition) is 2. The molecule has 78 valence electrons. The summed E-state index contributed by atoms with van der Waals surface area (Å²) in [6, 6.07) is 2.36. The van der Waals surface area contributed by atoms with Crippen molar-refractivity contribution in [1.29, 1.82) is 0 Å².